The highest BCUT2D eigenvalue weighted by Gasteiger charge is 2.20. The van der Waals surface area contributed by atoms with E-state index in [9.17, 15) is 9.90 Å². The molecular weight excluding hydrogens is 162 g/mol. The van der Waals surface area contributed by atoms with Gasteiger partial charge in [0.1, 0.15) is 13.2 Å². The van der Waals surface area contributed by atoms with Crippen LogP contribution in [0.15, 0.2) is 5.16 Å². The third kappa shape index (κ3) is 2.87. The molecule has 0 aromatic heterocycles. The van der Waals surface area contributed by atoms with Gasteiger partial charge in [-0.25, -0.2) is 4.79 Å². The monoisotopic (exact) mass is 175 g/mol. The molecule has 0 spiro atoms. The highest BCUT2D eigenvalue weighted by molar-refractivity contribution is 6.37. The molecule has 0 amide bonds. The van der Waals surface area contributed by atoms with Crippen molar-refractivity contribution in [2.45, 2.75) is 19.4 Å². The molecule has 0 heterocycles. The van der Waals surface area contributed by atoms with Crippen LogP contribution >= 0.6 is 0 Å². The molecule has 1 N–H and O–H groups in total. The second-order valence-electron chi connectivity index (χ2n) is 2.07. The summed E-state index contributed by atoms with van der Waals surface area (Å²) in [4.78, 5) is 15.3. The molecule has 0 saturated carbocycles. The van der Waals surface area contributed by atoms with E-state index in [1.165, 1.54) is 14.2 Å². The fourth-order valence-electron chi connectivity index (χ4n) is 0.630. The molecular formula is C7H13NO4. The van der Waals surface area contributed by atoms with E-state index in [2.05, 4.69) is 14.7 Å². The Hall–Kier alpha value is -1.10. The number of carbonyl (C=O) groups excluding carboxylic acids is 1. The van der Waals surface area contributed by atoms with Crippen LogP contribution in [0.3, 0.4) is 0 Å². The van der Waals surface area contributed by atoms with Crippen LogP contribution in [0, 0.1) is 0 Å². The first-order valence-corrected chi connectivity index (χ1v) is 3.54. The number of carbonyl (C=O) groups is 1. The summed E-state index contributed by atoms with van der Waals surface area (Å²) in [6, 6.07) is 0. The van der Waals surface area contributed by atoms with Gasteiger partial charge in [-0.3, -0.25) is 0 Å². The van der Waals surface area contributed by atoms with Crippen molar-refractivity contribution in [2.24, 2.45) is 5.16 Å². The molecule has 0 bridgehead atoms. The first-order chi connectivity index (χ1) is 5.67. The van der Waals surface area contributed by atoms with Crippen molar-refractivity contribution in [2.75, 3.05) is 14.2 Å². The molecule has 1 unspecified atom stereocenters. The number of aliphatic hydroxyl groups excluding tert-OH is 1. The van der Waals surface area contributed by atoms with Crippen LogP contribution in [0.4, 0.5) is 0 Å². The minimum absolute atomic E-state index is 0.109. The number of oxime groups is 1. The minimum atomic E-state index is -0.933. The fourth-order valence-corrected chi connectivity index (χ4v) is 0.630. The average Bonchev–Trinajstić information content (AvgIpc) is 2.11. The minimum Gasteiger partial charge on any atom is -0.464 e. The summed E-state index contributed by atoms with van der Waals surface area (Å²) in [5.74, 6) is -0.675. The number of hydrogen-bond acceptors (Lipinski definition) is 5. The van der Waals surface area contributed by atoms with E-state index in [1.807, 2.05) is 0 Å². The van der Waals surface area contributed by atoms with Gasteiger partial charge in [-0.2, -0.15) is 0 Å². The standard InChI is InChI=1S/C7H13NO4/c1-4-5(9)6(8-12-3)7(10)11-2/h5,9H,4H2,1-3H3/b8-6-. The predicted octanol–water partition coefficient (Wildman–Crippen LogP) is -0.0673. The fraction of sp³-hybridized carbons (Fsp3) is 0.714. The summed E-state index contributed by atoms with van der Waals surface area (Å²) in [5.41, 5.74) is -0.109. The molecule has 0 radical (unpaired) electrons. The van der Waals surface area contributed by atoms with Crippen LogP contribution in [-0.4, -0.2) is 37.1 Å². The molecule has 0 aromatic carbocycles. The van der Waals surface area contributed by atoms with Crippen molar-refractivity contribution in [1.29, 1.82) is 0 Å². The van der Waals surface area contributed by atoms with Gasteiger partial charge in [0, 0.05) is 0 Å². The lowest BCUT2D eigenvalue weighted by Crippen LogP contribution is -2.29. The summed E-state index contributed by atoms with van der Waals surface area (Å²) in [6.45, 7) is 1.72. The van der Waals surface area contributed by atoms with Gasteiger partial charge < -0.3 is 14.7 Å². The maximum absolute atomic E-state index is 10.9. The second-order valence-corrected chi connectivity index (χ2v) is 2.07. The number of nitrogens with zero attached hydrogens (tertiary/aromatic N) is 1. The zero-order chi connectivity index (χ0) is 9.56. The lowest BCUT2D eigenvalue weighted by Gasteiger charge is -2.07. The number of aliphatic hydroxyl groups is 1. The summed E-state index contributed by atoms with van der Waals surface area (Å²) >= 11 is 0. The predicted molar refractivity (Wildman–Crippen MR) is 42.8 cm³/mol. The molecule has 0 fully saturated rings. The van der Waals surface area contributed by atoms with Gasteiger partial charge in [-0.05, 0) is 6.42 Å². The summed E-state index contributed by atoms with van der Waals surface area (Å²) in [7, 11) is 2.52. The van der Waals surface area contributed by atoms with Crippen molar-refractivity contribution in [3.63, 3.8) is 0 Å². The number of rotatable bonds is 4. The molecule has 0 aromatic rings. The SMILES string of the molecule is CCC(O)/C(=N/OC)C(=O)OC. The maximum Gasteiger partial charge on any atom is 0.358 e. The van der Waals surface area contributed by atoms with E-state index in [0.29, 0.717) is 6.42 Å². The summed E-state index contributed by atoms with van der Waals surface area (Å²) in [6.07, 6.45) is -0.547. The first kappa shape index (κ1) is 10.9. The Bertz CT molecular complexity index is 178. The van der Waals surface area contributed by atoms with Gasteiger partial charge in [0.25, 0.3) is 0 Å². The molecule has 0 rings (SSSR count). The van der Waals surface area contributed by atoms with E-state index < -0.39 is 12.1 Å². The molecule has 5 nitrogen and oxygen atoms in total. The van der Waals surface area contributed by atoms with E-state index >= 15 is 0 Å². The van der Waals surface area contributed by atoms with Crippen LogP contribution in [0.25, 0.3) is 0 Å². The highest BCUT2D eigenvalue weighted by atomic mass is 16.6. The van der Waals surface area contributed by atoms with Gasteiger partial charge in [-0.15, -0.1) is 0 Å². The Labute approximate surface area is 71.0 Å². The number of esters is 1. The topological polar surface area (TPSA) is 68.1 Å². The number of ether oxygens (including phenoxy) is 1. The molecule has 0 aliphatic rings. The van der Waals surface area contributed by atoms with Gasteiger partial charge in [-0.1, -0.05) is 12.1 Å². The third-order valence-corrected chi connectivity index (χ3v) is 1.29. The molecule has 5 heteroatoms. The summed E-state index contributed by atoms with van der Waals surface area (Å²) < 4.78 is 4.38. The van der Waals surface area contributed by atoms with Gasteiger partial charge in [0.2, 0.25) is 0 Å². The smallest absolute Gasteiger partial charge is 0.358 e. The second kappa shape index (κ2) is 5.54. The van der Waals surface area contributed by atoms with Crippen LogP contribution < -0.4 is 0 Å². The van der Waals surface area contributed by atoms with E-state index in [0.717, 1.165) is 0 Å². The molecule has 0 saturated heterocycles. The third-order valence-electron chi connectivity index (χ3n) is 1.29. The molecule has 70 valence electrons. The number of methoxy groups -OCH3 is 1. The Balaban J connectivity index is 4.43. The van der Waals surface area contributed by atoms with Gasteiger partial charge >= 0.3 is 5.97 Å². The average molecular weight is 175 g/mol. The van der Waals surface area contributed by atoms with Crippen molar-refractivity contribution < 1.29 is 19.5 Å². The molecule has 0 aliphatic carbocycles. The quantitative estimate of drug-likeness (QED) is 0.369. The Morgan fingerprint density at radius 3 is 2.50 bits per heavy atom. The first-order valence-electron chi connectivity index (χ1n) is 3.54. The van der Waals surface area contributed by atoms with E-state index in [4.69, 9.17) is 0 Å². The lowest BCUT2D eigenvalue weighted by atomic mass is 10.2. The van der Waals surface area contributed by atoms with E-state index in [-0.39, 0.29) is 5.71 Å². The summed E-state index contributed by atoms with van der Waals surface area (Å²) in [5, 5.41) is 12.6. The number of hydrogen-bond donors (Lipinski definition) is 1. The van der Waals surface area contributed by atoms with Gasteiger partial charge in [0.15, 0.2) is 5.71 Å². The zero-order valence-electron chi connectivity index (χ0n) is 7.40. The molecule has 1 atom stereocenters. The van der Waals surface area contributed by atoms with Crippen molar-refractivity contribution in [3.8, 4) is 0 Å². The van der Waals surface area contributed by atoms with Crippen molar-refractivity contribution in [3.05, 3.63) is 0 Å². The molecule has 12 heavy (non-hydrogen) atoms. The highest BCUT2D eigenvalue weighted by Crippen LogP contribution is 1.97. The van der Waals surface area contributed by atoms with Crippen LogP contribution in [0.5, 0.6) is 0 Å². The zero-order valence-corrected chi connectivity index (χ0v) is 7.40. The normalized spacial score (nSPS) is 13.8. The Kier molecular flexibility index (Phi) is 5.03. The van der Waals surface area contributed by atoms with Gasteiger partial charge in [0.05, 0.1) is 7.11 Å². The van der Waals surface area contributed by atoms with E-state index in [1.54, 1.807) is 6.92 Å². The van der Waals surface area contributed by atoms with Crippen molar-refractivity contribution >= 4 is 11.7 Å². The molecule has 0 aliphatic heterocycles. The Morgan fingerprint density at radius 2 is 2.17 bits per heavy atom. The Morgan fingerprint density at radius 1 is 1.58 bits per heavy atom. The van der Waals surface area contributed by atoms with Crippen LogP contribution in [0.1, 0.15) is 13.3 Å². The maximum atomic E-state index is 10.9. The van der Waals surface area contributed by atoms with Crippen LogP contribution in [0.2, 0.25) is 0 Å². The lowest BCUT2D eigenvalue weighted by molar-refractivity contribution is -0.133. The van der Waals surface area contributed by atoms with Crippen molar-refractivity contribution in [1.82, 2.24) is 0 Å². The van der Waals surface area contributed by atoms with Crippen LogP contribution in [-0.2, 0) is 14.4 Å². The largest absolute Gasteiger partial charge is 0.464 e.